The van der Waals surface area contributed by atoms with Gasteiger partial charge >= 0.3 is 0 Å². The summed E-state index contributed by atoms with van der Waals surface area (Å²) in [5.41, 5.74) is 4.05. The lowest BCUT2D eigenvalue weighted by atomic mass is 10.0. The van der Waals surface area contributed by atoms with Crippen LogP contribution in [0.2, 0.25) is 0 Å². The second-order valence-corrected chi connectivity index (χ2v) is 7.41. The molecule has 0 bridgehead atoms. The van der Waals surface area contributed by atoms with Crippen LogP contribution in [0.1, 0.15) is 26.2 Å². The normalized spacial score (nSPS) is 22.1. The van der Waals surface area contributed by atoms with Crippen molar-refractivity contribution in [1.29, 1.82) is 5.26 Å². The van der Waals surface area contributed by atoms with Gasteiger partial charge in [-0.05, 0) is 44.2 Å². The third-order valence-corrected chi connectivity index (χ3v) is 5.57. The smallest absolute Gasteiger partial charge is 0.230 e. The number of carbonyl (C=O) groups excluding carboxylic acids is 1. The van der Waals surface area contributed by atoms with Gasteiger partial charge in [0.1, 0.15) is 0 Å². The average molecular weight is 362 g/mol. The Kier molecular flexibility index (Phi) is 4.19. The van der Waals surface area contributed by atoms with E-state index in [-0.39, 0.29) is 17.9 Å². The largest absolute Gasteiger partial charge is 0.307 e. The second kappa shape index (κ2) is 6.54. The maximum absolute atomic E-state index is 13.0. The first kappa shape index (κ1) is 17.3. The molecule has 5 rings (SSSR count). The molecular weight excluding hydrogens is 340 g/mol. The van der Waals surface area contributed by atoms with Gasteiger partial charge in [0.15, 0.2) is 0 Å². The first-order chi connectivity index (χ1) is 13.1. The van der Waals surface area contributed by atoms with Crippen molar-refractivity contribution in [1.82, 2.24) is 19.4 Å². The van der Waals surface area contributed by atoms with E-state index >= 15 is 0 Å². The quantitative estimate of drug-likeness (QED) is 0.717. The molecule has 4 heterocycles. The molecule has 1 amide bonds. The van der Waals surface area contributed by atoms with E-state index in [1.807, 2.05) is 41.1 Å². The Morgan fingerprint density at radius 1 is 1.19 bits per heavy atom. The number of fused-ring (bicyclic) bond motifs is 1. The highest BCUT2D eigenvalue weighted by Gasteiger charge is 2.46. The molecule has 138 valence electrons. The maximum atomic E-state index is 13.0. The van der Waals surface area contributed by atoms with E-state index < -0.39 is 0 Å². The number of aryl methyl sites for hydroxylation is 1. The van der Waals surface area contributed by atoms with Gasteiger partial charge in [-0.2, -0.15) is 10.2 Å². The highest BCUT2D eigenvalue weighted by atomic mass is 16.2. The van der Waals surface area contributed by atoms with Gasteiger partial charge in [-0.3, -0.25) is 9.48 Å². The van der Waals surface area contributed by atoms with Crippen molar-refractivity contribution in [2.24, 2.45) is 18.9 Å². The highest BCUT2D eigenvalue weighted by Crippen LogP contribution is 2.45. The molecular formula is C20H22N6O. The zero-order valence-electron chi connectivity index (χ0n) is 15.5. The molecule has 7 nitrogen and oxygen atoms in total. The summed E-state index contributed by atoms with van der Waals surface area (Å²) in [5.74, 6) is 1.10. The second-order valence-electron chi connectivity index (χ2n) is 7.41. The summed E-state index contributed by atoms with van der Waals surface area (Å²) in [6.45, 7) is 5.65. The number of amides is 1. The van der Waals surface area contributed by atoms with Crippen molar-refractivity contribution in [2.45, 2.75) is 32.2 Å². The molecule has 2 unspecified atom stereocenters. The number of nitrogens with zero attached hydrogens (tertiary/aromatic N) is 6. The number of anilines is 1. The SMILES string of the molecule is C#N.CC1CC(C2CC2)C(=O)N1c1ccnn2cc(-c3cnn(C)c3)cc12. The molecule has 2 atom stereocenters. The number of hydrogen-bond donors (Lipinski definition) is 0. The predicted molar refractivity (Wildman–Crippen MR) is 102 cm³/mol. The molecule has 2 fully saturated rings. The third-order valence-electron chi connectivity index (χ3n) is 5.57. The monoisotopic (exact) mass is 362 g/mol. The molecule has 1 saturated heterocycles. The maximum Gasteiger partial charge on any atom is 0.230 e. The third kappa shape index (κ3) is 2.87. The Bertz CT molecular complexity index is 1010. The minimum absolute atomic E-state index is 0.205. The van der Waals surface area contributed by atoms with Gasteiger partial charge in [-0.1, -0.05) is 0 Å². The van der Waals surface area contributed by atoms with Gasteiger partial charge in [0, 0.05) is 55.3 Å². The van der Waals surface area contributed by atoms with E-state index in [9.17, 15) is 4.79 Å². The minimum Gasteiger partial charge on any atom is -0.307 e. The number of rotatable bonds is 3. The lowest BCUT2D eigenvalue weighted by Gasteiger charge is -2.22. The Morgan fingerprint density at radius 3 is 2.63 bits per heavy atom. The number of nitriles is 1. The lowest BCUT2D eigenvalue weighted by molar-refractivity contribution is -0.120. The fourth-order valence-corrected chi connectivity index (χ4v) is 4.15. The van der Waals surface area contributed by atoms with E-state index in [1.165, 1.54) is 12.8 Å². The van der Waals surface area contributed by atoms with Crippen LogP contribution in [-0.2, 0) is 11.8 Å². The summed E-state index contributed by atoms with van der Waals surface area (Å²) in [7, 11) is 1.91. The molecule has 1 aliphatic heterocycles. The Hall–Kier alpha value is -3.14. The van der Waals surface area contributed by atoms with Gasteiger partial charge in [-0.25, -0.2) is 9.78 Å². The van der Waals surface area contributed by atoms with Crippen molar-refractivity contribution in [3.05, 3.63) is 36.9 Å². The summed E-state index contributed by atoms with van der Waals surface area (Å²) in [5, 5.41) is 15.2. The van der Waals surface area contributed by atoms with Gasteiger partial charge < -0.3 is 4.90 Å². The van der Waals surface area contributed by atoms with E-state index in [2.05, 4.69) is 29.8 Å². The number of hydrogen-bond acceptors (Lipinski definition) is 4. The van der Waals surface area contributed by atoms with Crippen LogP contribution in [0.4, 0.5) is 5.69 Å². The molecule has 0 radical (unpaired) electrons. The Morgan fingerprint density at radius 2 is 1.96 bits per heavy atom. The van der Waals surface area contributed by atoms with E-state index in [0.717, 1.165) is 28.8 Å². The lowest BCUT2D eigenvalue weighted by Crippen LogP contribution is -2.32. The van der Waals surface area contributed by atoms with E-state index in [1.54, 1.807) is 10.9 Å². The molecule has 2 aliphatic rings. The first-order valence-electron chi connectivity index (χ1n) is 9.17. The van der Waals surface area contributed by atoms with Gasteiger partial charge in [-0.15, -0.1) is 0 Å². The summed E-state index contributed by atoms with van der Waals surface area (Å²) in [6, 6.07) is 4.30. The van der Waals surface area contributed by atoms with Crippen LogP contribution in [0.15, 0.2) is 36.9 Å². The van der Waals surface area contributed by atoms with Crippen LogP contribution >= 0.6 is 0 Å². The predicted octanol–water partition coefficient (Wildman–Crippen LogP) is 3.03. The molecule has 0 aromatic carbocycles. The molecule has 3 aromatic rings. The number of aromatic nitrogens is 4. The van der Waals surface area contributed by atoms with Crippen LogP contribution in [0.25, 0.3) is 16.6 Å². The van der Waals surface area contributed by atoms with Crippen LogP contribution in [-0.4, -0.2) is 31.3 Å². The van der Waals surface area contributed by atoms with Gasteiger partial charge in [0.2, 0.25) is 5.91 Å². The summed E-state index contributed by atoms with van der Waals surface area (Å²) in [4.78, 5) is 15.0. The summed E-state index contributed by atoms with van der Waals surface area (Å²) < 4.78 is 3.65. The first-order valence-corrected chi connectivity index (χ1v) is 9.17. The Balaban J connectivity index is 0.000000872. The average Bonchev–Trinajstić information content (AvgIpc) is 3.13. The van der Waals surface area contributed by atoms with Crippen molar-refractivity contribution >= 4 is 17.1 Å². The number of carbonyl (C=O) groups is 1. The fourth-order valence-electron chi connectivity index (χ4n) is 4.15. The zero-order valence-corrected chi connectivity index (χ0v) is 15.5. The van der Waals surface area contributed by atoms with Crippen LogP contribution < -0.4 is 4.90 Å². The van der Waals surface area contributed by atoms with Crippen molar-refractivity contribution in [3.8, 4) is 17.7 Å². The molecule has 1 saturated carbocycles. The van der Waals surface area contributed by atoms with E-state index in [0.29, 0.717) is 5.92 Å². The molecule has 3 aromatic heterocycles. The van der Waals surface area contributed by atoms with Crippen LogP contribution in [0.3, 0.4) is 0 Å². The molecule has 7 heteroatoms. The van der Waals surface area contributed by atoms with Crippen LogP contribution in [0, 0.1) is 23.7 Å². The highest BCUT2D eigenvalue weighted by molar-refractivity contribution is 6.02. The molecule has 0 N–H and O–H groups in total. The molecule has 1 aliphatic carbocycles. The van der Waals surface area contributed by atoms with Gasteiger partial charge in [0.25, 0.3) is 0 Å². The van der Waals surface area contributed by atoms with Crippen molar-refractivity contribution < 1.29 is 4.79 Å². The van der Waals surface area contributed by atoms with E-state index in [4.69, 9.17) is 5.26 Å². The van der Waals surface area contributed by atoms with Crippen molar-refractivity contribution in [3.63, 3.8) is 0 Å². The Labute approximate surface area is 157 Å². The van der Waals surface area contributed by atoms with Gasteiger partial charge in [0.05, 0.1) is 17.4 Å². The molecule has 0 spiro atoms. The fraction of sp³-hybridized carbons (Fsp3) is 0.400. The zero-order chi connectivity index (χ0) is 19.1. The molecule has 27 heavy (non-hydrogen) atoms. The summed E-state index contributed by atoms with van der Waals surface area (Å²) in [6.07, 6.45) is 11.0. The summed E-state index contributed by atoms with van der Waals surface area (Å²) >= 11 is 0. The van der Waals surface area contributed by atoms with Crippen LogP contribution in [0.5, 0.6) is 0 Å². The van der Waals surface area contributed by atoms with Crippen molar-refractivity contribution in [2.75, 3.05) is 4.90 Å². The standard InChI is InChI=1S/C19H21N5O.CHN/c1-12-7-16(13-3-4-13)19(25)24(12)17-5-6-20-23-11-14(8-18(17)23)15-9-21-22(2)10-15;1-2/h5-6,8-13,16H,3-4,7H2,1-2H3;1H. The minimum atomic E-state index is 0.205. The topological polar surface area (TPSA) is 79.2 Å².